The lowest BCUT2D eigenvalue weighted by molar-refractivity contribution is 0.0698. The van der Waals surface area contributed by atoms with Crippen LogP contribution in [0.25, 0.3) is 0 Å². The van der Waals surface area contributed by atoms with E-state index in [4.69, 9.17) is 5.73 Å². The molecule has 21 heavy (non-hydrogen) atoms. The lowest BCUT2D eigenvalue weighted by Gasteiger charge is -2.32. The number of aromatic carboxylic acids is 1. The highest BCUT2D eigenvalue weighted by Crippen LogP contribution is 2.27. The molecule has 0 aromatic heterocycles. The van der Waals surface area contributed by atoms with Crippen LogP contribution in [0.1, 0.15) is 36.0 Å². The lowest BCUT2D eigenvalue weighted by atomic mass is 10.1. The van der Waals surface area contributed by atoms with Gasteiger partial charge in [0.05, 0.1) is 5.56 Å². The summed E-state index contributed by atoms with van der Waals surface area (Å²) in [6, 6.07) is 5.94. The summed E-state index contributed by atoms with van der Waals surface area (Å²) in [6.45, 7) is 4.40. The zero-order chi connectivity index (χ0) is 14.8. The number of hydrogen-bond acceptors (Lipinski definition) is 4. The van der Waals surface area contributed by atoms with Gasteiger partial charge in [-0.3, -0.25) is 4.90 Å². The molecule has 0 bridgehead atoms. The maximum Gasteiger partial charge on any atom is 0.337 e. The summed E-state index contributed by atoms with van der Waals surface area (Å²) < 4.78 is 0. The number of carboxylic acid groups (broad SMARTS) is 1. The fourth-order valence-corrected chi connectivity index (χ4v) is 3.48. The van der Waals surface area contributed by atoms with Crippen molar-refractivity contribution in [3.63, 3.8) is 0 Å². The fourth-order valence-electron chi connectivity index (χ4n) is 3.48. The molecule has 5 heteroatoms. The molecule has 3 N–H and O–H groups in total. The summed E-state index contributed by atoms with van der Waals surface area (Å²) in [7, 11) is 0. The molecule has 2 fully saturated rings. The molecule has 0 spiro atoms. The zero-order valence-corrected chi connectivity index (χ0v) is 12.3. The number of nitrogen functional groups attached to an aromatic ring is 1. The van der Waals surface area contributed by atoms with Gasteiger partial charge >= 0.3 is 5.97 Å². The van der Waals surface area contributed by atoms with E-state index in [9.17, 15) is 9.90 Å². The number of carbonyl (C=O) groups is 1. The molecule has 2 heterocycles. The Morgan fingerprint density at radius 3 is 2.67 bits per heavy atom. The van der Waals surface area contributed by atoms with E-state index in [2.05, 4.69) is 9.80 Å². The van der Waals surface area contributed by atoms with Crippen LogP contribution >= 0.6 is 0 Å². The number of nitrogens with two attached hydrogens (primary N) is 1. The van der Waals surface area contributed by atoms with Crippen molar-refractivity contribution in [3.05, 3.63) is 23.8 Å². The highest BCUT2D eigenvalue weighted by atomic mass is 16.4. The van der Waals surface area contributed by atoms with Crippen molar-refractivity contribution in [1.29, 1.82) is 0 Å². The minimum Gasteiger partial charge on any atom is -0.478 e. The Bertz CT molecular complexity index is 526. The van der Waals surface area contributed by atoms with Crippen LogP contribution in [0.4, 0.5) is 11.4 Å². The number of benzene rings is 1. The largest absolute Gasteiger partial charge is 0.478 e. The smallest absolute Gasteiger partial charge is 0.337 e. The molecule has 2 aliphatic heterocycles. The number of nitrogens with zero attached hydrogens (tertiary/aromatic N) is 2. The average molecular weight is 289 g/mol. The van der Waals surface area contributed by atoms with Gasteiger partial charge in [0.25, 0.3) is 0 Å². The predicted octanol–water partition coefficient (Wildman–Crippen LogP) is 2.03. The van der Waals surface area contributed by atoms with E-state index in [-0.39, 0.29) is 5.56 Å². The van der Waals surface area contributed by atoms with Crippen LogP contribution in [0, 0.1) is 0 Å². The van der Waals surface area contributed by atoms with Gasteiger partial charge in [0.2, 0.25) is 0 Å². The molecule has 3 rings (SSSR count). The van der Waals surface area contributed by atoms with Gasteiger partial charge in [-0.1, -0.05) is 6.42 Å². The van der Waals surface area contributed by atoms with Crippen molar-refractivity contribution < 1.29 is 9.90 Å². The summed E-state index contributed by atoms with van der Waals surface area (Å²) in [5.74, 6) is -0.957. The SMILES string of the molecule is Nc1ccc(N2CCC(N3CCCCC3)C2)cc1C(=O)O. The quantitative estimate of drug-likeness (QED) is 0.833. The van der Waals surface area contributed by atoms with E-state index in [0.717, 1.165) is 25.2 Å². The molecular weight excluding hydrogens is 266 g/mol. The molecule has 0 amide bonds. The first-order chi connectivity index (χ1) is 10.1. The standard InChI is InChI=1S/C16H23N3O2/c17-15-5-4-12(10-14(15)16(20)21)19-9-6-13(11-19)18-7-2-1-3-8-18/h4-5,10,13H,1-3,6-9,11,17H2,(H,20,21). The average Bonchev–Trinajstić information content (AvgIpc) is 2.98. The van der Waals surface area contributed by atoms with Gasteiger partial charge < -0.3 is 15.7 Å². The zero-order valence-electron chi connectivity index (χ0n) is 12.3. The molecule has 1 atom stereocenters. The summed E-state index contributed by atoms with van der Waals surface area (Å²) >= 11 is 0. The Morgan fingerprint density at radius 1 is 1.19 bits per heavy atom. The van der Waals surface area contributed by atoms with Crippen LogP contribution in [0.3, 0.4) is 0 Å². The van der Waals surface area contributed by atoms with E-state index >= 15 is 0 Å². The highest BCUT2D eigenvalue weighted by Gasteiger charge is 2.28. The molecule has 1 aromatic rings. The molecule has 2 saturated heterocycles. The van der Waals surface area contributed by atoms with E-state index < -0.39 is 5.97 Å². The van der Waals surface area contributed by atoms with Crippen molar-refractivity contribution >= 4 is 17.3 Å². The predicted molar refractivity (Wildman–Crippen MR) is 83.9 cm³/mol. The third kappa shape index (κ3) is 2.97. The fraction of sp³-hybridized carbons (Fsp3) is 0.562. The molecule has 5 nitrogen and oxygen atoms in total. The highest BCUT2D eigenvalue weighted by molar-refractivity contribution is 5.94. The second-order valence-corrected chi connectivity index (χ2v) is 6.06. The van der Waals surface area contributed by atoms with Crippen LogP contribution in [0.15, 0.2) is 18.2 Å². The van der Waals surface area contributed by atoms with Crippen LogP contribution in [-0.2, 0) is 0 Å². The lowest BCUT2D eigenvalue weighted by Crippen LogP contribution is -2.40. The van der Waals surface area contributed by atoms with Crippen molar-refractivity contribution in [2.75, 3.05) is 36.8 Å². The summed E-state index contributed by atoms with van der Waals surface area (Å²) in [6.07, 6.45) is 5.13. The minimum atomic E-state index is -0.957. The summed E-state index contributed by atoms with van der Waals surface area (Å²) in [5.41, 5.74) is 7.23. The second kappa shape index (κ2) is 5.93. The van der Waals surface area contributed by atoms with Crippen LogP contribution in [-0.4, -0.2) is 48.2 Å². The Hall–Kier alpha value is -1.75. The maximum atomic E-state index is 11.2. The van der Waals surface area contributed by atoms with Crippen molar-refractivity contribution in [3.8, 4) is 0 Å². The molecule has 0 radical (unpaired) electrons. The van der Waals surface area contributed by atoms with Crippen LogP contribution < -0.4 is 10.6 Å². The first kappa shape index (κ1) is 14.2. The Labute approximate surface area is 125 Å². The van der Waals surface area contributed by atoms with Gasteiger partial charge in [0.1, 0.15) is 0 Å². The maximum absolute atomic E-state index is 11.2. The molecular formula is C16H23N3O2. The Morgan fingerprint density at radius 2 is 1.95 bits per heavy atom. The van der Waals surface area contributed by atoms with Crippen molar-refractivity contribution in [2.45, 2.75) is 31.7 Å². The Balaban J connectivity index is 1.71. The van der Waals surface area contributed by atoms with Gasteiger partial charge in [-0.05, 0) is 50.6 Å². The van der Waals surface area contributed by atoms with Gasteiger partial charge in [-0.25, -0.2) is 4.79 Å². The molecule has 2 aliphatic rings. The topological polar surface area (TPSA) is 69.8 Å². The van der Waals surface area contributed by atoms with Gasteiger partial charge in [-0.2, -0.15) is 0 Å². The first-order valence-electron chi connectivity index (χ1n) is 7.77. The van der Waals surface area contributed by atoms with E-state index in [1.165, 1.54) is 32.4 Å². The van der Waals surface area contributed by atoms with E-state index in [0.29, 0.717) is 11.7 Å². The third-order valence-electron chi connectivity index (χ3n) is 4.70. The number of carboxylic acids is 1. The van der Waals surface area contributed by atoms with Gasteiger partial charge in [0.15, 0.2) is 0 Å². The van der Waals surface area contributed by atoms with Crippen LogP contribution in [0.2, 0.25) is 0 Å². The monoisotopic (exact) mass is 289 g/mol. The van der Waals surface area contributed by atoms with Crippen molar-refractivity contribution in [1.82, 2.24) is 4.90 Å². The van der Waals surface area contributed by atoms with Gasteiger partial charge in [-0.15, -0.1) is 0 Å². The molecule has 1 unspecified atom stereocenters. The number of piperidine rings is 1. The second-order valence-electron chi connectivity index (χ2n) is 6.06. The van der Waals surface area contributed by atoms with Gasteiger partial charge in [0, 0.05) is 30.5 Å². The molecule has 114 valence electrons. The Kier molecular flexibility index (Phi) is 4.01. The number of hydrogen-bond donors (Lipinski definition) is 2. The normalized spacial score (nSPS) is 23.4. The number of anilines is 2. The third-order valence-corrected chi connectivity index (χ3v) is 4.70. The summed E-state index contributed by atoms with van der Waals surface area (Å²) in [5, 5.41) is 9.18. The van der Waals surface area contributed by atoms with Crippen LogP contribution in [0.5, 0.6) is 0 Å². The van der Waals surface area contributed by atoms with Crippen molar-refractivity contribution in [2.24, 2.45) is 0 Å². The summed E-state index contributed by atoms with van der Waals surface area (Å²) in [4.78, 5) is 16.1. The first-order valence-corrected chi connectivity index (χ1v) is 7.77. The minimum absolute atomic E-state index is 0.203. The van der Waals surface area contributed by atoms with E-state index in [1.807, 2.05) is 6.07 Å². The molecule has 1 aromatic carbocycles. The molecule has 0 saturated carbocycles. The number of likely N-dealkylation sites (tertiary alicyclic amines) is 1. The molecule has 0 aliphatic carbocycles. The number of rotatable bonds is 3. The van der Waals surface area contributed by atoms with E-state index in [1.54, 1.807) is 12.1 Å².